The average molecular weight is 441 g/mol. The molecule has 2 atom stereocenters. The van der Waals surface area contributed by atoms with Crippen molar-refractivity contribution in [2.45, 2.75) is 31.2 Å². The number of benzene rings is 3. The van der Waals surface area contributed by atoms with Crippen LogP contribution >= 0.6 is 0 Å². The fourth-order valence-electron chi connectivity index (χ4n) is 5.38. The molecule has 3 aromatic rings. The van der Waals surface area contributed by atoms with Gasteiger partial charge in [-0.1, -0.05) is 30.3 Å². The average Bonchev–Trinajstić information content (AvgIpc) is 3.31. The third-order valence-corrected chi connectivity index (χ3v) is 6.87. The Balaban J connectivity index is 1.56. The number of aryl methyl sites for hydroxylation is 2. The minimum atomic E-state index is -0.971. The number of aliphatic carboxylic acids is 1. The molecule has 6 heteroatoms. The van der Waals surface area contributed by atoms with Gasteiger partial charge in [-0.25, -0.2) is 0 Å². The highest BCUT2D eigenvalue weighted by Gasteiger charge is 2.45. The molecule has 0 fully saturated rings. The van der Waals surface area contributed by atoms with Crippen molar-refractivity contribution in [3.8, 4) is 11.5 Å². The smallest absolute Gasteiger partial charge is 0.313 e. The predicted molar refractivity (Wildman–Crippen MR) is 122 cm³/mol. The molecule has 3 aliphatic rings. The van der Waals surface area contributed by atoms with Crippen LogP contribution in [0.2, 0.25) is 0 Å². The lowest BCUT2D eigenvalue weighted by Gasteiger charge is -2.41. The van der Waals surface area contributed by atoms with E-state index >= 15 is 0 Å². The van der Waals surface area contributed by atoms with Crippen LogP contribution < -0.4 is 14.4 Å². The first-order chi connectivity index (χ1) is 16.1. The molecule has 2 aliphatic heterocycles. The highest BCUT2D eigenvalue weighted by molar-refractivity contribution is 6.11. The van der Waals surface area contributed by atoms with Gasteiger partial charge in [0.15, 0.2) is 11.5 Å². The molecular weight excluding hydrogens is 418 g/mol. The van der Waals surface area contributed by atoms with Crippen LogP contribution in [0.1, 0.15) is 51.0 Å². The van der Waals surface area contributed by atoms with Gasteiger partial charge >= 0.3 is 5.97 Å². The second-order valence-corrected chi connectivity index (χ2v) is 8.73. The molecule has 0 bridgehead atoms. The van der Waals surface area contributed by atoms with Crippen LogP contribution in [0, 0.1) is 0 Å². The van der Waals surface area contributed by atoms with Gasteiger partial charge in [0, 0.05) is 11.3 Å². The summed E-state index contributed by atoms with van der Waals surface area (Å²) in [6.45, 7) is 0.903. The Hall–Kier alpha value is -3.80. The Morgan fingerprint density at radius 3 is 2.55 bits per heavy atom. The summed E-state index contributed by atoms with van der Waals surface area (Å²) in [5.74, 6) is -0.886. The molecule has 2 unspecified atom stereocenters. The number of hydrogen-bond donors (Lipinski definition) is 1. The highest BCUT2D eigenvalue weighted by atomic mass is 16.6. The molecule has 0 radical (unpaired) electrons. The largest absolute Gasteiger partial charge is 0.486 e. The number of ether oxygens (including phenoxy) is 2. The summed E-state index contributed by atoms with van der Waals surface area (Å²) in [6.07, 6.45) is 3.10. The quantitative estimate of drug-likeness (QED) is 0.647. The molecule has 6 nitrogen and oxygen atoms in total. The fraction of sp³-hybridized carbons (Fsp3) is 0.259. The number of carboxylic acid groups (broad SMARTS) is 1. The molecule has 1 amide bonds. The van der Waals surface area contributed by atoms with E-state index in [4.69, 9.17) is 9.47 Å². The molecule has 1 aliphatic carbocycles. The number of carbonyl (C=O) groups is 2. The third kappa shape index (κ3) is 3.17. The Kier molecular flexibility index (Phi) is 4.61. The minimum Gasteiger partial charge on any atom is -0.486 e. The third-order valence-electron chi connectivity index (χ3n) is 6.87. The predicted octanol–water partition coefficient (Wildman–Crippen LogP) is 4.52. The Morgan fingerprint density at radius 1 is 0.909 bits per heavy atom. The van der Waals surface area contributed by atoms with E-state index in [9.17, 15) is 14.7 Å². The normalized spacial score (nSPS) is 20.8. The SMILES string of the molecule is O=C(O)C1c2ccccc2C(=O)N(c2ccc3c(c2)CCC3)C1c1ccc2c(c1)OCCO2. The van der Waals surface area contributed by atoms with Crippen molar-refractivity contribution in [2.24, 2.45) is 0 Å². The maximum atomic E-state index is 13.8. The van der Waals surface area contributed by atoms with Gasteiger partial charge in [0.1, 0.15) is 19.1 Å². The van der Waals surface area contributed by atoms with Gasteiger partial charge in [-0.2, -0.15) is 0 Å². The van der Waals surface area contributed by atoms with Crippen molar-refractivity contribution in [2.75, 3.05) is 18.1 Å². The van der Waals surface area contributed by atoms with Gasteiger partial charge in [-0.15, -0.1) is 0 Å². The van der Waals surface area contributed by atoms with Crippen LogP contribution in [0.5, 0.6) is 11.5 Å². The summed E-state index contributed by atoms with van der Waals surface area (Å²) in [5.41, 5.74) is 4.92. The molecule has 6 rings (SSSR count). The van der Waals surface area contributed by atoms with Gasteiger partial charge in [0.05, 0.1) is 6.04 Å². The van der Waals surface area contributed by atoms with Crippen molar-refractivity contribution in [3.63, 3.8) is 0 Å². The zero-order chi connectivity index (χ0) is 22.5. The van der Waals surface area contributed by atoms with Crippen molar-refractivity contribution < 1.29 is 24.2 Å². The maximum absolute atomic E-state index is 13.8. The summed E-state index contributed by atoms with van der Waals surface area (Å²) >= 11 is 0. The zero-order valence-corrected chi connectivity index (χ0v) is 18.0. The maximum Gasteiger partial charge on any atom is 0.313 e. The second-order valence-electron chi connectivity index (χ2n) is 8.73. The summed E-state index contributed by atoms with van der Waals surface area (Å²) in [5, 5.41) is 10.4. The van der Waals surface area contributed by atoms with E-state index in [1.165, 1.54) is 11.1 Å². The van der Waals surface area contributed by atoms with Crippen molar-refractivity contribution >= 4 is 17.6 Å². The first-order valence-electron chi connectivity index (χ1n) is 11.3. The van der Waals surface area contributed by atoms with Crippen molar-refractivity contribution in [1.82, 2.24) is 0 Å². The van der Waals surface area contributed by atoms with E-state index in [1.54, 1.807) is 35.2 Å². The van der Waals surface area contributed by atoms with Gasteiger partial charge in [0.2, 0.25) is 0 Å². The molecule has 2 heterocycles. The van der Waals surface area contributed by atoms with E-state index in [1.807, 2.05) is 18.2 Å². The number of amides is 1. The van der Waals surface area contributed by atoms with Gasteiger partial charge in [-0.05, 0) is 71.8 Å². The summed E-state index contributed by atoms with van der Waals surface area (Å²) in [4.78, 5) is 28.2. The highest BCUT2D eigenvalue weighted by Crippen LogP contribution is 2.47. The van der Waals surface area contributed by atoms with Gasteiger partial charge in [-0.3, -0.25) is 14.5 Å². The first kappa shape index (κ1) is 19.9. The molecule has 3 aromatic carbocycles. The Bertz CT molecular complexity index is 1280. The monoisotopic (exact) mass is 441 g/mol. The molecule has 0 aromatic heterocycles. The van der Waals surface area contributed by atoms with E-state index in [-0.39, 0.29) is 5.91 Å². The van der Waals surface area contributed by atoms with E-state index < -0.39 is 17.9 Å². The van der Waals surface area contributed by atoms with E-state index in [0.29, 0.717) is 41.4 Å². The molecule has 0 saturated carbocycles. The molecule has 33 heavy (non-hydrogen) atoms. The van der Waals surface area contributed by atoms with Crippen LogP contribution in [-0.2, 0) is 17.6 Å². The van der Waals surface area contributed by atoms with Crippen LogP contribution in [0.25, 0.3) is 0 Å². The number of carboxylic acids is 1. The number of rotatable bonds is 3. The molecule has 166 valence electrons. The lowest BCUT2D eigenvalue weighted by molar-refractivity contribution is -0.139. The first-order valence-corrected chi connectivity index (χ1v) is 11.3. The zero-order valence-electron chi connectivity index (χ0n) is 18.0. The van der Waals surface area contributed by atoms with E-state index in [2.05, 4.69) is 12.1 Å². The lowest BCUT2D eigenvalue weighted by atomic mass is 9.79. The van der Waals surface area contributed by atoms with Gasteiger partial charge in [0.25, 0.3) is 5.91 Å². The number of carbonyl (C=O) groups excluding carboxylic acids is 1. The van der Waals surface area contributed by atoms with Crippen LogP contribution in [0.15, 0.2) is 60.7 Å². The van der Waals surface area contributed by atoms with Crippen LogP contribution in [-0.4, -0.2) is 30.2 Å². The van der Waals surface area contributed by atoms with Crippen LogP contribution in [0.3, 0.4) is 0 Å². The standard InChI is InChI=1S/C27H23NO5/c29-26-21-7-2-1-6-20(21)24(27(30)31)25(18-9-11-22-23(15-18)33-13-12-32-22)28(26)19-10-8-16-4-3-5-17(16)14-19/h1-2,6-11,14-15,24-25H,3-5,12-13H2,(H,30,31). The molecular formula is C27H23NO5. The Labute approximate surface area is 191 Å². The summed E-state index contributed by atoms with van der Waals surface area (Å²) < 4.78 is 11.4. The number of anilines is 1. The molecule has 0 saturated heterocycles. The summed E-state index contributed by atoms with van der Waals surface area (Å²) in [6, 6.07) is 17.8. The van der Waals surface area contributed by atoms with Crippen LogP contribution in [0.4, 0.5) is 5.69 Å². The lowest BCUT2D eigenvalue weighted by Crippen LogP contribution is -2.45. The second kappa shape index (κ2) is 7.66. The van der Waals surface area contributed by atoms with Gasteiger partial charge < -0.3 is 14.6 Å². The minimum absolute atomic E-state index is 0.194. The molecule has 1 N–H and O–H groups in total. The number of hydrogen-bond acceptors (Lipinski definition) is 4. The number of nitrogens with zero attached hydrogens (tertiary/aromatic N) is 1. The van der Waals surface area contributed by atoms with E-state index in [0.717, 1.165) is 24.9 Å². The Morgan fingerprint density at radius 2 is 1.70 bits per heavy atom. The topological polar surface area (TPSA) is 76.1 Å². The number of fused-ring (bicyclic) bond motifs is 3. The van der Waals surface area contributed by atoms with Crippen molar-refractivity contribution in [1.29, 1.82) is 0 Å². The van der Waals surface area contributed by atoms with Crippen molar-refractivity contribution in [3.05, 3.63) is 88.5 Å². The molecule has 0 spiro atoms. The summed E-state index contributed by atoms with van der Waals surface area (Å²) in [7, 11) is 0. The fourth-order valence-corrected chi connectivity index (χ4v) is 5.38.